The number of hydrogen-bond acceptors (Lipinski definition) is 3. The van der Waals surface area contributed by atoms with Crippen molar-refractivity contribution in [3.63, 3.8) is 0 Å². The van der Waals surface area contributed by atoms with Gasteiger partial charge in [0.25, 0.3) is 5.60 Å². The Morgan fingerprint density at radius 1 is 0.897 bits per heavy atom. The normalized spacial score (nSPS) is 12.7. The average molecular weight is 421 g/mol. The molecule has 0 fully saturated rings. The van der Waals surface area contributed by atoms with Crippen LogP contribution in [0.25, 0.3) is 0 Å². The first-order valence-electron chi connectivity index (χ1n) is 8.24. The van der Waals surface area contributed by atoms with Gasteiger partial charge in [0.1, 0.15) is 6.54 Å². The number of aliphatic carboxylic acids is 1. The van der Waals surface area contributed by atoms with Gasteiger partial charge in [0.15, 0.2) is 0 Å². The van der Waals surface area contributed by atoms with Gasteiger partial charge >= 0.3 is 18.3 Å². The van der Waals surface area contributed by atoms with Gasteiger partial charge in [-0.05, 0) is 24.6 Å². The molecule has 2 rings (SSSR count). The molecule has 2 N–H and O–H groups in total. The smallest absolute Gasteiger partial charge is 0.430 e. The summed E-state index contributed by atoms with van der Waals surface area (Å²) in [5.74, 6) is -1.23. The Morgan fingerprint density at radius 2 is 1.38 bits per heavy atom. The summed E-state index contributed by atoms with van der Waals surface area (Å²) in [6.07, 6.45) is -12.0. The lowest BCUT2D eigenvalue weighted by atomic mass is 9.92. The van der Waals surface area contributed by atoms with E-state index >= 15 is 0 Å². The molecular formula is C19H17F6NO3. The van der Waals surface area contributed by atoms with Gasteiger partial charge in [0.2, 0.25) is 0 Å². The molecule has 0 unspecified atom stereocenters. The standard InChI is InChI=1S/C19H17F6NO3/c1-12-2-4-13(5-3-12)10-26(11-16(27)28)15-8-6-14(7-9-15)17(29,18(20,21)22)19(23,24)25/h2-9,29H,10-11H2,1H3,(H,27,28). The number of anilines is 1. The first-order valence-corrected chi connectivity index (χ1v) is 8.24. The number of hydrogen-bond donors (Lipinski definition) is 2. The lowest BCUT2D eigenvalue weighted by Crippen LogP contribution is -2.53. The van der Waals surface area contributed by atoms with Crippen molar-refractivity contribution in [1.82, 2.24) is 0 Å². The number of alkyl halides is 6. The lowest BCUT2D eigenvalue weighted by molar-refractivity contribution is -0.376. The summed E-state index contributed by atoms with van der Waals surface area (Å²) < 4.78 is 77.9. The first-order chi connectivity index (χ1) is 13.3. The monoisotopic (exact) mass is 421 g/mol. The fraction of sp³-hybridized carbons (Fsp3) is 0.316. The second-order valence-corrected chi connectivity index (χ2v) is 6.49. The third kappa shape index (κ3) is 4.81. The van der Waals surface area contributed by atoms with Crippen LogP contribution in [0.3, 0.4) is 0 Å². The van der Waals surface area contributed by atoms with E-state index in [9.17, 15) is 36.2 Å². The Morgan fingerprint density at radius 3 is 1.79 bits per heavy atom. The van der Waals surface area contributed by atoms with Crippen molar-refractivity contribution in [2.45, 2.75) is 31.4 Å². The van der Waals surface area contributed by atoms with Gasteiger partial charge in [-0.15, -0.1) is 0 Å². The van der Waals surface area contributed by atoms with E-state index in [2.05, 4.69) is 0 Å². The molecule has 0 radical (unpaired) electrons. The summed E-state index contributed by atoms with van der Waals surface area (Å²) >= 11 is 0. The molecule has 0 saturated heterocycles. The van der Waals surface area contributed by atoms with Crippen LogP contribution in [-0.4, -0.2) is 35.1 Å². The number of rotatable bonds is 6. The SMILES string of the molecule is Cc1ccc(CN(CC(=O)O)c2ccc(C(O)(C(F)(F)F)C(F)(F)F)cc2)cc1. The van der Waals surface area contributed by atoms with Gasteiger partial charge in [-0.3, -0.25) is 4.79 Å². The molecule has 0 aliphatic rings. The number of carbonyl (C=O) groups is 1. The quantitative estimate of drug-likeness (QED) is 0.679. The van der Waals surface area contributed by atoms with Crippen molar-refractivity contribution < 1.29 is 41.4 Å². The topological polar surface area (TPSA) is 60.8 Å². The van der Waals surface area contributed by atoms with Crippen molar-refractivity contribution in [2.24, 2.45) is 0 Å². The van der Waals surface area contributed by atoms with E-state index in [1.165, 1.54) is 4.90 Å². The Kier molecular flexibility index (Phi) is 6.17. The van der Waals surface area contributed by atoms with Gasteiger partial charge in [-0.25, -0.2) is 0 Å². The zero-order chi connectivity index (χ0) is 22.0. The predicted octanol–water partition coefficient (Wildman–Crippen LogP) is 4.40. The number of halogens is 6. The molecule has 0 amide bonds. The first kappa shape index (κ1) is 22.5. The van der Waals surface area contributed by atoms with E-state index in [4.69, 9.17) is 5.11 Å². The van der Waals surface area contributed by atoms with E-state index in [1.54, 1.807) is 24.3 Å². The zero-order valence-electron chi connectivity index (χ0n) is 15.1. The van der Waals surface area contributed by atoms with E-state index in [-0.39, 0.29) is 12.2 Å². The minimum Gasteiger partial charge on any atom is -0.480 e. The molecule has 0 aromatic heterocycles. The fourth-order valence-electron chi connectivity index (χ4n) is 2.72. The number of aliphatic hydroxyl groups is 1. The number of benzene rings is 2. The van der Waals surface area contributed by atoms with Crippen LogP contribution in [-0.2, 0) is 16.9 Å². The maximum atomic E-state index is 13.0. The summed E-state index contributed by atoms with van der Waals surface area (Å²) in [5.41, 5.74) is -4.70. The van der Waals surface area contributed by atoms with E-state index in [0.29, 0.717) is 17.7 Å². The van der Waals surface area contributed by atoms with Crippen molar-refractivity contribution in [2.75, 3.05) is 11.4 Å². The lowest BCUT2D eigenvalue weighted by Gasteiger charge is -2.33. The molecule has 29 heavy (non-hydrogen) atoms. The number of aryl methyl sites for hydroxylation is 1. The van der Waals surface area contributed by atoms with Crippen LogP contribution in [0.4, 0.5) is 32.0 Å². The minimum absolute atomic E-state index is 0.0642. The van der Waals surface area contributed by atoms with Gasteiger partial charge in [0, 0.05) is 17.8 Å². The van der Waals surface area contributed by atoms with Gasteiger partial charge in [0.05, 0.1) is 0 Å². The van der Waals surface area contributed by atoms with Crippen molar-refractivity contribution in [3.8, 4) is 0 Å². The zero-order valence-corrected chi connectivity index (χ0v) is 15.1. The van der Waals surface area contributed by atoms with Gasteiger partial charge in [-0.1, -0.05) is 42.0 Å². The summed E-state index contributed by atoms with van der Waals surface area (Å²) in [6.45, 7) is 1.38. The number of carboxylic acid groups (broad SMARTS) is 1. The van der Waals surface area contributed by atoms with E-state index in [0.717, 1.165) is 17.7 Å². The minimum atomic E-state index is -5.99. The Balaban J connectivity index is 2.39. The van der Waals surface area contributed by atoms with Crippen LogP contribution in [0.1, 0.15) is 16.7 Å². The fourth-order valence-corrected chi connectivity index (χ4v) is 2.72. The molecule has 0 saturated carbocycles. The molecule has 158 valence electrons. The van der Waals surface area contributed by atoms with E-state index in [1.807, 2.05) is 6.92 Å². The van der Waals surface area contributed by atoms with Crippen molar-refractivity contribution in [3.05, 3.63) is 65.2 Å². The molecule has 0 aliphatic heterocycles. The highest BCUT2D eigenvalue weighted by molar-refractivity contribution is 5.73. The highest BCUT2D eigenvalue weighted by Crippen LogP contribution is 2.50. The molecule has 0 bridgehead atoms. The third-order valence-electron chi connectivity index (χ3n) is 4.29. The van der Waals surface area contributed by atoms with Crippen LogP contribution in [0.15, 0.2) is 48.5 Å². The number of carboxylic acids is 1. The Hall–Kier alpha value is -2.75. The summed E-state index contributed by atoms with van der Waals surface area (Å²) in [4.78, 5) is 12.4. The Labute approximate surface area is 162 Å². The highest BCUT2D eigenvalue weighted by Gasteiger charge is 2.71. The third-order valence-corrected chi connectivity index (χ3v) is 4.29. The molecule has 0 atom stereocenters. The predicted molar refractivity (Wildman–Crippen MR) is 92.3 cm³/mol. The van der Waals surface area contributed by atoms with Crippen LogP contribution >= 0.6 is 0 Å². The molecule has 0 spiro atoms. The van der Waals surface area contributed by atoms with Crippen LogP contribution in [0.2, 0.25) is 0 Å². The molecule has 4 nitrogen and oxygen atoms in total. The van der Waals surface area contributed by atoms with Gasteiger partial charge in [-0.2, -0.15) is 26.3 Å². The molecule has 2 aromatic rings. The molecule has 0 heterocycles. The maximum Gasteiger partial charge on any atom is 0.430 e. The van der Waals surface area contributed by atoms with Crippen LogP contribution < -0.4 is 4.90 Å². The molecular weight excluding hydrogens is 404 g/mol. The Bertz CT molecular complexity index is 830. The van der Waals surface area contributed by atoms with Crippen LogP contribution in [0.5, 0.6) is 0 Å². The molecule has 0 aliphatic carbocycles. The number of nitrogens with zero attached hydrogens (tertiary/aromatic N) is 1. The molecule has 2 aromatic carbocycles. The van der Waals surface area contributed by atoms with Crippen molar-refractivity contribution in [1.29, 1.82) is 0 Å². The summed E-state index contributed by atoms with van der Waals surface area (Å²) in [5, 5.41) is 18.5. The highest BCUT2D eigenvalue weighted by atomic mass is 19.4. The van der Waals surface area contributed by atoms with Crippen LogP contribution in [0, 0.1) is 6.92 Å². The van der Waals surface area contributed by atoms with Gasteiger partial charge < -0.3 is 15.1 Å². The maximum absolute atomic E-state index is 13.0. The summed E-state index contributed by atoms with van der Waals surface area (Å²) in [6, 6.07) is 9.81. The van der Waals surface area contributed by atoms with E-state index < -0.39 is 36.0 Å². The summed E-state index contributed by atoms with van der Waals surface area (Å²) in [7, 11) is 0. The van der Waals surface area contributed by atoms with Crippen molar-refractivity contribution >= 4 is 11.7 Å². The second-order valence-electron chi connectivity index (χ2n) is 6.49. The average Bonchev–Trinajstić information content (AvgIpc) is 2.60. The second kappa shape index (κ2) is 7.94. The molecule has 10 heteroatoms. The largest absolute Gasteiger partial charge is 0.480 e.